The molecular formula is C26H30N2P. The number of hydrogen-bond donors (Lipinski definition) is 0. The van der Waals surface area contributed by atoms with Crippen LogP contribution < -0.4 is 10.6 Å². The van der Waals surface area contributed by atoms with Gasteiger partial charge in [-0.3, -0.25) is 9.80 Å². The molecule has 0 bridgehead atoms. The van der Waals surface area contributed by atoms with Crippen molar-refractivity contribution in [3.8, 4) is 0 Å². The van der Waals surface area contributed by atoms with Crippen molar-refractivity contribution in [1.82, 2.24) is 9.80 Å². The van der Waals surface area contributed by atoms with Crippen LogP contribution >= 0.6 is 7.92 Å². The summed E-state index contributed by atoms with van der Waals surface area (Å²) in [5.41, 5.74) is 1.51. The molecule has 2 atom stereocenters. The van der Waals surface area contributed by atoms with E-state index in [1.807, 2.05) is 0 Å². The van der Waals surface area contributed by atoms with E-state index in [4.69, 9.17) is 0 Å². The predicted molar refractivity (Wildman–Crippen MR) is 124 cm³/mol. The quantitative estimate of drug-likeness (QED) is 0.702. The van der Waals surface area contributed by atoms with E-state index in [1.165, 1.54) is 47.9 Å². The maximum atomic E-state index is 2.66. The Hall–Kier alpha value is -1.21. The first-order valence-electron chi connectivity index (χ1n) is 10.9. The maximum Gasteiger partial charge on any atom is 0.0700 e. The van der Waals surface area contributed by atoms with Gasteiger partial charge < -0.3 is 0 Å². The van der Waals surface area contributed by atoms with E-state index in [-0.39, 0.29) is 0 Å². The zero-order valence-electron chi connectivity index (χ0n) is 17.4. The molecule has 3 fully saturated rings. The molecule has 2 aromatic carbocycles. The van der Waals surface area contributed by atoms with Crippen LogP contribution in [0.2, 0.25) is 0 Å². The lowest BCUT2D eigenvalue weighted by atomic mass is 9.91. The molecule has 2 aromatic rings. The molecule has 1 heterocycles. The van der Waals surface area contributed by atoms with Crippen molar-refractivity contribution >= 4 is 18.5 Å². The second kappa shape index (κ2) is 8.50. The summed E-state index contributed by atoms with van der Waals surface area (Å²) in [6.07, 6.45) is 12.8. The highest BCUT2D eigenvalue weighted by Crippen LogP contribution is 2.58. The number of benzene rings is 2. The van der Waals surface area contributed by atoms with Crippen LogP contribution in [-0.4, -0.2) is 42.1 Å². The molecule has 3 heteroatoms. The first kappa shape index (κ1) is 19.7. The van der Waals surface area contributed by atoms with Gasteiger partial charge in [-0.15, -0.1) is 0 Å². The fourth-order valence-corrected chi connectivity index (χ4v) is 8.04. The van der Waals surface area contributed by atoms with Crippen LogP contribution in [0, 0.1) is 30.8 Å². The van der Waals surface area contributed by atoms with Gasteiger partial charge in [0.15, 0.2) is 0 Å². The molecule has 1 saturated heterocycles. The Morgan fingerprint density at radius 1 is 0.724 bits per heavy atom. The molecule has 5 radical (unpaired) electrons. The van der Waals surface area contributed by atoms with Gasteiger partial charge >= 0.3 is 0 Å². The maximum absolute atomic E-state index is 2.66. The summed E-state index contributed by atoms with van der Waals surface area (Å²) < 4.78 is 0. The van der Waals surface area contributed by atoms with Gasteiger partial charge in [-0.05, 0) is 64.7 Å². The minimum Gasteiger partial charge on any atom is -0.286 e. The zero-order valence-corrected chi connectivity index (χ0v) is 18.3. The number of hydrogen-bond acceptors (Lipinski definition) is 2. The van der Waals surface area contributed by atoms with Crippen molar-refractivity contribution in [2.24, 2.45) is 0 Å². The Labute approximate surface area is 178 Å². The van der Waals surface area contributed by atoms with E-state index < -0.39 is 7.92 Å². The van der Waals surface area contributed by atoms with E-state index in [1.54, 1.807) is 0 Å². The predicted octanol–water partition coefficient (Wildman–Crippen LogP) is 4.37. The molecule has 0 aromatic heterocycles. The fourth-order valence-electron chi connectivity index (χ4n) is 5.56. The lowest BCUT2D eigenvalue weighted by Crippen LogP contribution is -2.43. The van der Waals surface area contributed by atoms with Gasteiger partial charge in [0, 0.05) is 23.7 Å². The SMILES string of the molecule is CN1C([C]2[CH][CH][CH][C]2P(c2ccccc2)c2ccccc2)N(C)[C@H]2CCCC[C@@H]21. The summed E-state index contributed by atoms with van der Waals surface area (Å²) in [7, 11) is 4.14. The summed E-state index contributed by atoms with van der Waals surface area (Å²) in [6.45, 7) is 0. The van der Waals surface area contributed by atoms with Crippen LogP contribution in [0.4, 0.5) is 0 Å². The van der Waals surface area contributed by atoms with Gasteiger partial charge in [0.2, 0.25) is 0 Å². The fraction of sp³-hybridized carbons (Fsp3) is 0.346. The largest absolute Gasteiger partial charge is 0.286 e. The van der Waals surface area contributed by atoms with Crippen molar-refractivity contribution in [3.63, 3.8) is 0 Å². The van der Waals surface area contributed by atoms with Crippen molar-refractivity contribution in [3.05, 3.63) is 91.5 Å². The molecule has 0 unspecified atom stereocenters. The molecule has 3 aliphatic rings. The molecule has 0 N–H and O–H groups in total. The Kier molecular flexibility index (Phi) is 5.78. The van der Waals surface area contributed by atoms with E-state index in [0.717, 1.165) is 0 Å². The molecule has 2 nitrogen and oxygen atoms in total. The van der Waals surface area contributed by atoms with Crippen molar-refractivity contribution in [2.45, 2.75) is 43.9 Å². The standard InChI is InChI=1S/C26H30N2P/c1-27-23-17-9-10-18-24(23)28(2)26(27)22-16-11-19-25(22)29(20-12-5-3-6-13-20)21-14-7-4-8-15-21/h3-8,11-16,19,23-24,26H,9-10,17-18H2,1-2H3/t23-,24-/m0/s1. The average molecular weight is 402 g/mol. The number of rotatable bonds is 4. The van der Waals surface area contributed by atoms with Crippen molar-refractivity contribution < 1.29 is 0 Å². The van der Waals surface area contributed by atoms with Crippen LogP contribution in [0.25, 0.3) is 0 Å². The third-order valence-electron chi connectivity index (χ3n) is 6.89. The second-order valence-corrected chi connectivity index (χ2v) is 10.7. The van der Waals surface area contributed by atoms with Gasteiger partial charge in [0.05, 0.1) is 6.17 Å². The highest BCUT2D eigenvalue weighted by Gasteiger charge is 2.51. The minimum absolute atomic E-state index is 0.380. The van der Waals surface area contributed by atoms with Gasteiger partial charge in [-0.1, -0.05) is 73.5 Å². The molecule has 149 valence electrons. The first-order chi connectivity index (χ1) is 14.3. The molecular weight excluding hydrogens is 371 g/mol. The minimum atomic E-state index is -0.559. The summed E-state index contributed by atoms with van der Waals surface area (Å²) >= 11 is 0. The molecule has 0 amide bonds. The topological polar surface area (TPSA) is 6.48 Å². The number of fused-ring (bicyclic) bond motifs is 1. The summed E-state index contributed by atoms with van der Waals surface area (Å²) in [6, 6.07) is 23.6. The summed E-state index contributed by atoms with van der Waals surface area (Å²) in [4.78, 5) is 5.32. The Morgan fingerprint density at radius 3 is 1.76 bits per heavy atom. The van der Waals surface area contributed by atoms with E-state index in [0.29, 0.717) is 18.2 Å². The second-order valence-electron chi connectivity index (χ2n) is 8.50. The van der Waals surface area contributed by atoms with E-state index >= 15 is 0 Å². The normalized spacial score (nSPS) is 27.7. The highest BCUT2D eigenvalue weighted by molar-refractivity contribution is 7.76. The van der Waals surface area contributed by atoms with Gasteiger partial charge in [0.1, 0.15) is 0 Å². The zero-order chi connectivity index (χ0) is 19.8. The molecule has 2 saturated carbocycles. The van der Waals surface area contributed by atoms with Crippen LogP contribution in [0.5, 0.6) is 0 Å². The number of likely N-dealkylation sites (N-methyl/N-ethyl adjacent to an activating group) is 2. The Balaban J connectivity index is 1.50. The lowest BCUT2D eigenvalue weighted by molar-refractivity contribution is 0.181. The lowest BCUT2D eigenvalue weighted by Gasteiger charge is -2.38. The summed E-state index contributed by atoms with van der Waals surface area (Å²) in [5, 5.41) is 2.86. The highest BCUT2D eigenvalue weighted by atomic mass is 31.1. The third kappa shape index (κ3) is 3.58. The molecule has 5 rings (SSSR count). The number of nitrogens with zero attached hydrogens (tertiary/aromatic N) is 2. The molecule has 0 spiro atoms. The van der Waals surface area contributed by atoms with Gasteiger partial charge in [-0.25, -0.2) is 0 Å². The van der Waals surface area contributed by atoms with Crippen molar-refractivity contribution in [1.29, 1.82) is 0 Å². The van der Waals surface area contributed by atoms with Crippen LogP contribution in [-0.2, 0) is 0 Å². The summed E-state index contributed by atoms with van der Waals surface area (Å²) in [5.74, 6) is 1.50. The Morgan fingerprint density at radius 2 is 1.24 bits per heavy atom. The van der Waals surface area contributed by atoms with E-state index in [2.05, 4.69) is 104 Å². The Bertz CT molecular complexity index is 737. The monoisotopic (exact) mass is 401 g/mol. The molecule has 29 heavy (non-hydrogen) atoms. The first-order valence-corrected chi connectivity index (χ1v) is 12.2. The molecule has 1 aliphatic heterocycles. The van der Waals surface area contributed by atoms with Crippen molar-refractivity contribution in [2.75, 3.05) is 14.1 Å². The van der Waals surface area contributed by atoms with Gasteiger partial charge in [0.25, 0.3) is 0 Å². The van der Waals surface area contributed by atoms with Crippen LogP contribution in [0.1, 0.15) is 25.7 Å². The van der Waals surface area contributed by atoms with Crippen LogP contribution in [0.3, 0.4) is 0 Å². The van der Waals surface area contributed by atoms with E-state index in [9.17, 15) is 0 Å². The van der Waals surface area contributed by atoms with Gasteiger partial charge in [-0.2, -0.15) is 0 Å². The van der Waals surface area contributed by atoms with Crippen LogP contribution in [0.15, 0.2) is 60.7 Å². The average Bonchev–Trinajstić information content (AvgIpc) is 3.33. The third-order valence-corrected chi connectivity index (χ3v) is 9.40. The molecule has 2 aliphatic carbocycles. The smallest absolute Gasteiger partial charge is 0.0700 e.